The lowest BCUT2D eigenvalue weighted by atomic mass is 9.90. The van der Waals surface area contributed by atoms with Crippen LogP contribution in [0.4, 0.5) is 13.2 Å². The summed E-state index contributed by atoms with van der Waals surface area (Å²) in [4.78, 5) is 8.66. The molecule has 6 aromatic rings. The van der Waals surface area contributed by atoms with Gasteiger partial charge in [0.25, 0.3) is 0 Å². The monoisotopic (exact) mass is 514 g/mol. The number of oxazole rings is 2. The van der Waals surface area contributed by atoms with Gasteiger partial charge in [0.2, 0.25) is 5.89 Å². The van der Waals surface area contributed by atoms with E-state index < -0.39 is 12.1 Å². The Labute approximate surface area is 215 Å². The molecule has 5 nitrogen and oxygen atoms in total. The van der Waals surface area contributed by atoms with Gasteiger partial charge >= 0.3 is 6.18 Å². The lowest BCUT2D eigenvalue weighted by molar-refractivity contribution is -0.141. The molecule has 4 aromatic carbocycles. The Balaban J connectivity index is 1.30. The van der Waals surface area contributed by atoms with E-state index in [9.17, 15) is 13.2 Å². The van der Waals surface area contributed by atoms with E-state index in [0.717, 1.165) is 11.3 Å². The third kappa shape index (κ3) is 4.61. The van der Waals surface area contributed by atoms with Crippen LogP contribution >= 0.6 is 0 Å². The number of rotatable bonds is 5. The predicted octanol–water partition coefficient (Wildman–Crippen LogP) is 8.74. The third-order valence-electron chi connectivity index (χ3n) is 6.28. The molecule has 0 aliphatic rings. The lowest BCUT2D eigenvalue weighted by Crippen LogP contribution is -2.22. The number of halogens is 3. The molecule has 1 unspecified atom stereocenters. The van der Waals surface area contributed by atoms with Gasteiger partial charge < -0.3 is 13.6 Å². The van der Waals surface area contributed by atoms with Crippen LogP contribution in [0.3, 0.4) is 0 Å². The van der Waals surface area contributed by atoms with E-state index in [1.165, 1.54) is 36.4 Å². The molecule has 8 heteroatoms. The smallest absolute Gasteiger partial charge is 0.399 e. The Kier molecular flexibility index (Phi) is 5.67. The first-order chi connectivity index (χ1) is 18.2. The first-order valence-electron chi connectivity index (χ1n) is 11.9. The molecule has 0 amide bonds. The van der Waals surface area contributed by atoms with Crippen molar-refractivity contribution in [1.82, 2.24) is 9.97 Å². The highest BCUT2D eigenvalue weighted by molar-refractivity contribution is 5.78. The van der Waals surface area contributed by atoms with Crippen molar-refractivity contribution < 1.29 is 26.7 Å². The summed E-state index contributed by atoms with van der Waals surface area (Å²) < 4.78 is 60.0. The molecule has 0 aliphatic carbocycles. The molecule has 0 saturated carbocycles. The fourth-order valence-electron chi connectivity index (χ4n) is 4.47. The summed E-state index contributed by atoms with van der Waals surface area (Å²) in [5, 5.41) is 0. The summed E-state index contributed by atoms with van der Waals surface area (Å²) in [7, 11) is 0. The van der Waals surface area contributed by atoms with Crippen LogP contribution in [0.25, 0.3) is 33.7 Å². The molecule has 0 spiro atoms. The number of benzene rings is 4. The summed E-state index contributed by atoms with van der Waals surface area (Å²) in [6, 6.07) is 23.6. The van der Waals surface area contributed by atoms with Gasteiger partial charge in [0.05, 0.1) is 0 Å². The van der Waals surface area contributed by atoms with Crippen LogP contribution in [0.5, 0.6) is 11.5 Å². The Morgan fingerprint density at radius 3 is 1.84 bits per heavy atom. The highest BCUT2D eigenvalue weighted by Gasteiger charge is 2.42. The van der Waals surface area contributed by atoms with E-state index >= 15 is 0 Å². The average molecular weight is 515 g/mol. The molecular weight excluding hydrogens is 493 g/mol. The molecule has 0 N–H and O–H groups in total. The van der Waals surface area contributed by atoms with E-state index in [2.05, 4.69) is 9.97 Å². The Morgan fingerprint density at radius 2 is 1.24 bits per heavy atom. The molecule has 0 fully saturated rings. The van der Waals surface area contributed by atoms with Crippen molar-refractivity contribution in [2.24, 2.45) is 0 Å². The zero-order valence-electron chi connectivity index (χ0n) is 20.4. The Morgan fingerprint density at radius 1 is 0.684 bits per heavy atom. The summed E-state index contributed by atoms with van der Waals surface area (Å²) >= 11 is 0. The molecule has 38 heavy (non-hydrogen) atoms. The number of ether oxygens (including phenoxy) is 1. The molecular formula is C30H21F3N2O3. The summed E-state index contributed by atoms with van der Waals surface area (Å²) in [5.41, 5.74) is 3.51. The van der Waals surface area contributed by atoms with Gasteiger partial charge in [-0.2, -0.15) is 13.2 Å². The minimum absolute atomic E-state index is 0.0614. The van der Waals surface area contributed by atoms with E-state index in [1.54, 1.807) is 31.2 Å². The van der Waals surface area contributed by atoms with Crippen molar-refractivity contribution in [3.63, 3.8) is 0 Å². The first kappa shape index (κ1) is 23.8. The number of nitrogens with zero attached hydrogens (tertiary/aromatic N) is 2. The van der Waals surface area contributed by atoms with Crippen LogP contribution in [-0.4, -0.2) is 16.1 Å². The molecule has 0 bridgehead atoms. The molecule has 2 aromatic heterocycles. The van der Waals surface area contributed by atoms with Gasteiger partial charge in [0, 0.05) is 12.5 Å². The fourth-order valence-corrected chi connectivity index (χ4v) is 4.47. The highest BCUT2D eigenvalue weighted by Crippen LogP contribution is 2.42. The number of alkyl halides is 3. The van der Waals surface area contributed by atoms with Crippen LogP contribution in [0.15, 0.2) is 93.8 Å². The quantitative estimate of drug-likeness (QED) is 0.230. The van der Waals surface area contributed by atoms with Crippen molar-refractivity contribution in [2.75, 3.05) is 0 Å². The molecule has 6 rings (SSSR count). The van der Waals surface area contributed by atoms with E-state index in [-0.39, 0.29) is 11.1 Å². The van der Waals surface area contributed by atoms with Crippen LogP contribution in [-0.2, 0) is 0 Å². The Bertz CT molecular complexity index is 1750. The van der Waals surface area contributed by atoms with Gasteiger partial charge in [-0.3, -0.25) is 0 Å². The van der Waals surface area contributed by atoms with Crippen LogP contribution in [0.2, 0.25) is 0 Å². The first-order valence-corrected chi connectivity index (χ1v) is 11.9. The summed E-state index contributed by atoms with van der Waals surface area (Å²) in [5.74, 6) is 0.207. The maximum atomic E-state index is 14.3. The van der Waals surface area contributed by atoms with Gasteiger partial charge in [-0.15, -0.1) is 0 Å². The van der Waals surface area contributed by atoms with Crippen molar-refractivity contribution in [2.45, 2.75) is 25.9 Å². The van der Waals surface area contributed by atoms with Crippen molar-refractivity contribution in [1.29, 1.82) is 0 Å². The molecule has 0 saturated heterocycles. The van der Waals surface area contributed by atoms with Crippen LogP contribution in [0.1, 0.15) is 28.5 Å². The van der Waals surface area contributed by atoms with E-state index in [1.807, 2.05) is 31.2 Å². The fraction of sp³-hybridized carbons (Fsp3) is 0.133. The average Bonchev–Trinajstić information content (AvgIpc) is 3.47. The van der Waals surface area contributed by atoms with Gasteiger partial charge in [0.1, 0.15) is 28.5 Å². The van der Waals surface area contributed by atoms with Crippen LogP contribution < -0.4 is 4.74 Å². The van der Waals surface area contributed by atoms with E-state index in [0.29, 0.717) is 45.3 Å². The minimum Gasteiger partial charge on any atom is -0.457 e. The molecule has 0 aliphatic heterocycles. The SMILES string of the molecule is Cc1ccc(Oc2ccc(-c3nc4cc(C(c5ccc6oc(C)nc6c5)C(F)(F)F)ccc4o3)cc2)cc1. The maximum Gasteiger partial charge on any atom is 0.399 e. The lowest BCUT2D eigenvalue weighted by Gasteiger charge is -2.21. The molecule has 190 valence electrons. The number of aromatic nitrogens is 2. The standard InChI is InChI=1S/C30H21F3N2O3/c1-17-3-9-22(10-4-17)37-23-11-5-19(6-12-23)29-35-25-16-21(8-14-27(25)38-29)28(30(31,32)33)20-7-13-26-24(15-20)34-18(2)36-26/h3-16,28H,1-2H3. The predicted molar refractivity (Wildman–Crippen MR) is 137 cm³/mol. The van der Waals surface area contributed by atoms with Crippen LogP contribution in [0, 0.1) is 13.8 Å². The van der Waals surface area contributed by atoms with Gasteiger partial charge in [0.15, 0.2) is 17.1 Å². The van der Waals surface area contributed by atoms with Crippen molar-refractivity contribution in [3.8, 4) is 23.0 Å². The van der Waals surface area contributed by atoms with Crippen molar-refractivity contribution >= 4 is 22.2 Å². The van der Waals surface area contributed by atoms with Gasteiger partial charge in [-0.1, -0.05) is 29.8 Å². The number of hydrogen-bond donors (Lipinski definition) is 0. The Hall–Kier alpha value is -4.59. The largest absolute Gasteiger partial charge is 0.457 e. The number of aryl methyl sites for hydroxylation is 2. The molecule has 2 heterocycles. The number of fused-ring (bicyclic) bond motifs is 2. The second-order valence-corrected chi connectivity index (χ2v) is 9.12. The van der Waals surface area contributed by atoms with Crippen molar-refractivity contribution in [3.05, 3.63) is 108 Å². The summed E-state index contributed by atoms with van der Waals surface area (Å²) in [6.07, 6.45) is -4.53. The third-order valence-corrected chi connectivity index (χ3v) is 6.28. The minimum atomic E-state index is -4.53. The zero-order valence-corrected chi connectivity index (χ0v) is 20.4. The van der Waals surface area contributed by atoms with Gasteiger partial charge in [-0.25, -0.2) is 9.97 Å². The second kappa shape index (κ2) is 9.06. The normalized spacial score (nSPS) is 12.8. The highest BCUT2D eigenvalue weighted by atomic mass is 19.4. The second-order valence-electron chi connectivity index (χ2n) is 9.12. The van der Waals surface area contributed by atoms with Gasteiger partial charge in [-0.05, 0) is 78.7 Å². The maximum absolute atomic E-state index is 14.3. The zero-order chi connectivity index (χ0) is 26.4. The molecule has 0 radical (unpaired) electrons. The van der Waals surface area contributed by atoms with E-state index in [4.69, 9.17) is 13.6 Å². The summed E-state index contributed by atoms with van der Waals surface area (Å²) in [6.45, 7) is 3.66. The molecule has 1 atom stereocenters. The topological polar surface area (TPSA) is 61.3 Å². The number of hydrogen-bond acceptors (Lipinski definition) is 5.